The number of nitrogens with one attached hydrogen (secondary N) is 2. The first-order valence-electron chi connectivity index (χ1n) is 12.4. The number of carbonyl (C=O) groups excluding carboxylic acids is 1. The molecule has 0 atom stereocenters. The van der Waals surface area contributed by atoms with Gasteiger partial charge < -0.3 is 25.9 Å². The van der Waals surface area contributed by atoms with Crippen molar-refractivity contribution in [1.29, 1.82) is 0 Å². The van der Waals surface area contributed by atoms with Gasteiger partial charge in [-0.05, 0) is 60.3 Å². The maximum atomic E-state index is 13.5. The van der Waals surface area contributed by atoms with E-state index in [1.807, 2.05) is 55.5 Å². The SMILES string of the molecule is COc1ccc(C)c(NC(=O)c2cc3ccc4c5ccccc5[nH]c4c3c(N=Nc3ccc(N)cc3)c2O)c1. The molecule has 0 fully saturated rings. The van der Waals surface area contributed by atoms with Crippen LogP contribution in [0.2, 0.25) is 0 Å². The second kappa shape index (κ2) is 9.50. The molecule has 39 heavy (non-hydrogen) atoms. The summed E-state index contributed by atoms with van der Waals surface area (Å²) in [6.07, 6.45) is 0. The number of aromatic hydroxyl groups is 1. The second-order valence-electron chi connectivity index (χ2n) is 9.30. The number of nitrogens with two attached hydrogens (primary N) is 1. The predicted octanol–water partition coefficient (Wildman–Crippen LogP) is 7.75. The molecule has 0 radical (unpaired) electrons. The average molecular weight is 516 g/mol. The zero-order chi connectivity index (χ0) is 27.1. The number of fused-ring (bicyclic) bond motifs is 5. The van der Waals surface area contributed by atoms with Crippen molar-refractivity contribution in [2.75, 3.05) is 18.2 Å². The predicted molar refractivity (Wildman–Crippen MR) is 156 cm³/mol. The van der Waals surface area contributed by atoms with Crippen molar-refractivity contribution < 1.29 is 14.6 Å². The van der Waals surface area contributed by atoms with E-state index in [-0.39, 0.29) is 17.0 Å². The van der Waals surface area contributed by atoms with Gasteiger partial charge in [0.15, 0.2) is 5.75 Å². The van der Waals surface area contributed by atoms with Crippen LogP contribution in [-0.4, -0.2) is 23.1 Å². The van der Waals surface area contributed by atoms with Gasteiger partial charge in [0.05, 0.1) is 23.9 Å². The molecule has 1 aromatic heterocycles. The number of aryl methyl sites for hydroxylation is 1. The molecule has 6 aromatic rings. The molecule has 1 heterocycles. The second-order valence-corrected chi connectivity index (χ2v) is 9.30. The Morgan fingerprint density at radius 1 is 0.949 bits per heavy atom. The number of nitrogen functional groups attached to an aromatic ring is 1. The molecule has 6 rings (SSSR count). The Bertz CT molecular complexity index is 1920. The highest BCUT2D eigenvalue weighted by Crippen LogP contribution is 2.44. The number of H-pyrrole nitrogens is 1. The number of phenols is 1. The molecule has 5 N–H and O–H groups in total. The number of phenolic OH excluding ortho intramolecular Hbond substituents is 1. The molecule has 0 unspecified atom stereocenters. The summed E-state index contributed by atoms with van der Waals surface area (Å²) in [7, 11) is 1.56. The van der Waals surface area contributed by atoms with Gasteiger partial charge in [-0.25, -0.2) is 0 Å². The fraction of sp³-hybridized carbons (Fsp3) is 0.0645. The van der Waals surface area contributed by atoms with Gasteiger partial charge >= 0.3 is 0 Å². The minimum atomic E-state index is -0.480. The monoisotopic (exact) mass is 515 g/mol. The first-order chi connectivity index (χ1) is 18.9. The maximum Gasteiger partial charge on any atom is 0.259 e. The first kappa shape index (κ1) is 24.0. The summed E-state index contributed by atoms with van der Waals surface area (Å²) >= 11 is 0. The van der Waals surface area contributed by atoms with Crippen molar-refractivity contribution in [2.24, 2.45) is 10.2 Å². The molecule has 8 heteroatoms. The third-order valence-electron chi connectivity index (χ3n) is 6.83. The smallest absolute Gasteiger partial charge is 0.259 e. The van der Waals surface area contributed by atoms with Gasteiger partial charge in [0.25, 0.3) is 5.91 Å². The molecule has 0 aliphatic rings. The number of hydrogen-bond acceptors (Lipinski definition) is 6. The van der Waals surface area contributed by atoms with Crippen molar-refractivity contribution in [2.45, 2.75) is 6.92 Å². The van der Waals surface area contributed by atoms with Crippen LogP contribution in [0, 0.1) is 6.92 Å². The van der Waals surface area contributed by atoms with E-state index < -0.39 is 5.91 Å². The van der Waals surface area contributed by atoms with Gasteiger partial charge in [-0.3, -0.25) is 4.79 Å². The Labute approximate surface area is 223 Å². The number of rotatable bonds is 5. The Morgan fingerprint density at radius 2 is 1.74 bits per heavy atom. The summed E-state index contributed by atoms with van der Waals surface area (Å²) in [4.78, 5) is 17.0. The summed E-state index contributed by atoms with van der Waals surface area (Å²) in [5.74, 6) is -0.143. The van der Waals surface area contributed by atoms with Gasteiger partial charge in [-0.2, -0.15) is 5.11 Å². The number of benzene rings is 5. The number of anilines is 2. The largest absolute Gasteiger partial charge is 0.505 e. The molecule has 192 valence electrons. The zero-order valence-electron chi connectivity index (χ0n) is 21.3. The number of azo groups is 1. The molecular weight excluding hydrogens is 490 g/mol. The normalized spacial score (nSPS) is 11.5. The lowest BCUT2D eigenvalue weighted by Gasteiger charge is -2.14. The molecule has 0 aliphatic heterocycles. The molecule has 0 saturated carbocycles. The van der Waals surface area contributed by atoms with Gasteiger partial charge in [-0.15, -0.1) is 5.11 Å². The maximum absolute atomic E-state index is 13.5. The Hall–Kier alpha value is -5.37. The van der Waals surface area contributed by atoms with E-state index in [9.17, 15) is 9.90 Å². The topological polar surface area (TPSA) is 125 Å². The van der Waals surface area contributed by atoms with E-state index in [2.05, 4.69) is 20.5 Å². The number of hydrogen-bond donors (Lipinski definition) is 4. The van der Waals surface area contributed by atoms with Crippen LogP contribution in [0.3, 0.4) is 0 Å². The van der Waals surface area contributed by atoms with Crippen molar-refractivity contribution in [3.05, 3.63) is 96.1 Å². The van der Waals surface area contributed by atoms with Crippen molar-refractivity contribution >= 4 is 61.2 Å². The lowest BCUT2D eigenvalue weighted by Crippen LogP contribution is -2.13. The van der Waals surface area contributed by atoms with Gasteiger partial charge in [0.1, 0.15) is 11.4 Å². The van der Waals surface area contributed by atoms with Crippen molar-refractivity contribution in [1.82, 2.24) is 4.98 Å². The highest BCUT2D eigenvalue weighted by Gasteiger charge is 2.22. The van der Waals surface area contributed by atoms with Crippen LogP contribution in [0.5, 0.6) is 11.5 Å². The number of amides is 1. The summed E-state index contributed by atoms with van der Waals surface area (Å²) < 4.78 is 5.31. The van der Waals surface area contributed by atoms with Crippen LogP contribution in [0.15, 0.2) is 95.2 Å². The molecule has 1 amide bonds. The van der Waals surface area contributed by atoms with Gasteiger partial charge in [0.2, 0.25) is 0 Å². The van der Waals surface area contributed by atoms with Crippen molar-refractivity contribution in [3.8, 4) is 11.5 Å². The lowest BCUT2D eigenvalue weighted by atomic mass is 10.00. The Kier molecular flexibility index (Phi) is 5.84. The van der Waals surface area contributed by atoms with E-state index in [0.717, 1.165) is 32.8 Å². The fourth-order valence-corrected chi connectivity index (χ4v) is 4.75. The average Bonchev–Trinajstić information content (AvgIpc) is 3.33. The quantitative estimate of drug-likeness (QED) is 0.138. The molecule has 0 saturated heterocycles. The van der Waals surface area contributed by atoms with Crippen LogP contribution in [-0.2, 0) is 0 Å². The number of ether oxygens (including phenoxy) is 1. The van der Waals surface area contributed by atoms with Crippen LogP contribution < -0.4 is 15.8 Å². The van der Waals surface area contributed by atoms with Crippen LogP contribution in [0.25, 0.3) is 32.6 Å². The summed E-state index contributed by atoms with van der Waals surface area (Å²) in [6, 6.07) is 25.9. The number of para-hydroxylation sites is 1. The van der Waals surface area contributed by atoms with E-state index in [1.54, 1.807) is 43.5 Å². The molecule has 8 nitrogen and oxygen atoms in total. The number of aromatic nitrogens is 1. The summed E-state index contributed by atoms with van der Waals surface area (Å²) in [5, 5.41) is 26.6. The number of nitrogens with zero attached hydrogens (tertiary/aromatic N) is 2. The summed E-state index contributed by atoms with van der Waals surface area (Å²) in [6.45, 7) is 1.88. The third kappa shape index (κ3) is 4.27. The highest BCUT2D eigenvalue weighted by molar-refractivity contribution is 6.22. The molecule has 0 spiro atoms. The van der Waals surface area contributed by atoms with Crippen LogP contribution in [0.4, 0.5) is 22.7 Å². The fourth-order valence-electron chi connectivity index (χ4n) is 4.75. The van der Waals surface area contributed by atoms with E-state index in [4.69, 9.17) is 10.5 Å². The van der Waals surface area contributed by atoms with Gasteiger partial charge in [0, 0.05) is 39.1 Å². The number of methoxy groups -OCH3 is 1. The molecule has 0 aliphatic carbocycles. The summed E-state index contributed by atoms with van der Waals surface area (Å²) in [5.41, 5.74) is 10.4. The van der Waals surface area contributed by atoms with E-state index in [1.165, 1.54) is 0 Å². The van der Waals surface area contributed by atoms with Crippen LogP contribution in [0.1, 0.15) is 15.9 Å². The molecule has 0 bridgehead atoms. The molecular formula is C31H25N5O3. The first-order valence-corrected chi connectivity index (χ1v) is 12.4. The number of aromatic amines is 1. The Morgan fingerprint density at radius 3 is 2.54 bits per heavy atom. The minimum absolute atomic E-state index is 0.0754. The Balaban J connectivity index is 1.55. The number of carbonyl (C=O) groups is 1. The minimum Gasteiger partial charge on any atom is -0.505 e. The lowest BCUT2D eigenvalue weighted by molar-refractivity contribution is 0.102. The van der Waals surface area contributed by atoms with Crippen molar-refractivity contribution in [3.63, 3.8) is 0 Å². The third-order valence-corrected chi connectivity index (χ3v) is 6.83. The van der Waals surface area contributed by atoms with Gasteiger partial charge in [-0.1, -0.05) is 36.4 Å². The molecule has 5 aromatic carbocycles. The van der Waals surface area contributed by atoms with E-state index in [0.29, 0.717) is 28.2 Å². The van der Waals surface area contributed by atoms with E-state index >= 15 is 0 Å². The van der Waals surface area contributed by atoms with Crippen LogP contribution >= 0.6 is 0 Å². The standard InChI is InChI=1S/C31H25N5O3/c1-17-7-13-21(39-2)16-26(17)34-31(38)24-15-18-8-14-23-22-5-3-4-6-25(22)33-28(23)27(18)29(30(24)37)36-35-20-11-9-19(32)10-12-20/h3-16,33,37H,32H2,1-2H3,(H,34,38). The zero-order valence-corrected chi connectivity index (χ0v) is 21.3. The highest BCUT2D eigenvalue weighted by atomic mass is 16.5.